The minimum Gasteiger partial charge on any atom is -0.376 e. The van der Waals surface area contributed by atoms with Gasteiger partial charge in [-0.05, 0) is 55.3 Å². The normalized spacial score (nSPS) is 13.9. The Morgan fingerprint density at radius 1 is 1.04 bits per heavy atom. The third-order valence-electron chi connectivity index (χ3n) is 3.90. The first kappa shape index (κ1) is 15.9. The van der Waals surface area contributed by atoms with E-state index in [4.69, 9.17) is 0 Å². The first-order valence-electron chi connectivity index (χ1n) is 7.85. The first-order valence-corrected chi connectivity index (χ1v) is 8.64. The molecular weight excluding hydrogens is 354 g/mol. The Labute approximate surface area is 145 Å². The van der Waals surface area contributed by atoms with E-state index < -0.39 is 0 Å². The van der Waals surface area contributed by atoms with Gasteiger partial charge >= 0.3 is 0 Å². The van der Waals surface area contributed by atoms with E-state index in [9.17, 15) is 4.79 Å². The van der Waals surface area contributed by atoms with E-state index >= 15 is 0 Å². The summed E-state index contributed by atoms with van der Waals surface area (Å²) in [6, 6.07) is 15.8. The minimum absolute atomic E-state index is 0.0566. The van der Waals surface area contributed by atoms with E-state index in [2.05, 4.69) is 43.6 Å². The number of anilines is 3. The molecule has 0 radical (unpaired) electrons. The van der Waals surface area contributed by atoms with Crippen molar-refractivity contribution in [1.82, 2.24) is 0 Å². The average Bonchev–Trinajstić information content (AvgIpc) is 3.08. The van der Waals surface area contributed by atoms with Crippen LogP contribution in [-0.2, 0) is 4.79 Å². The van der Waals surface area contributed by atoms with Crippen molar-refractivity contribution in [3.8, 4) is 0 Å². The monoisotopic (exact) mass is 373 g/mol. The Morgan fingerprint density at radius 3 is 2.48 bits per heavy atom. The molecule has 1 amide bonds. The van der Waals surface area contributed by atoms with E-state index in [1.807, 2.05) is 36.4 Å². The molecule has 1 saturated heterocycles. The fourth-order valence-corrected chi connectivity index (χ4v) is 3.12. The van der Waals surface area contributed by atoms with Crippen LogP contribution in [0.25, 0.3) is 0 Å². The lowest BCUT2D eigenvalue weighted by Crippen LogP contribution is -2.22. The van der Waals surface area contributed by atoms with Gasteiger partial charge in [0.1, 0.15) is 0 Å². The Hall–Kier alpha value is -2.01. The van der Waals surface area contributed by atoms with Gasteiger partial charge in [0, 0.05) is 34.6 Å². The Morgan fingerprint density at radius 2 is 1.78 bits per heavy atom. The molecule has 5 heteroatoms. The van der Waals surface area contributed by atoms with Crippen LogP contribution in [0.1, 0.15) is 12.8 Å². The molecule has 0 unspecified atom stereocenters. The largest absolute Gasteiger partial charge is 0.376 e. The van der Waals surface area contributed by atoms with Crippen LogP contribution < -0.4 is 15.5 Å². The number of nitrogens with zero attached hydrogens (tertiary/aromatic N) is 1. The van der Waals surface area contributed by atoms with E-state index in [0.717, 1.165) is 28.9 Å². The predicted octanol–water partition coefficient (Wildman–Crippen LogP) is 4.10. The molecule has 0 bridgehead atoms. The summed E-state index contributed by atoms with van der Waals surface area (Å²) in [6.45, 7) is 2.49. The van der Waals surface area contributed by atoms with Crippen molar-refractivity contribution in [2.24, 2.45) is 0 Å². The maximum absolute atomic E-state index is 12.0. The molecule has 120 valence electrons. The van der Waals surface area contributed by atoms with Crippen molar-refractivity contribution in [2.45, 2.75) is 12.8 Å². The second kappa shape index (κ2) is 7.51. The molecule has 2 N–H and O–H groups in total. The van der Waals surface area contributed by atoms with Crippen molar-refractivity contribution >= 4 is 38.9 Å². The molecule has 0 atom stereocenters. The van der Waals surface area contributed by atoms with Crippen LogP contribution in [0, 0.1) is 0 Å². The lowest BCUT2D eigenvalue weighted by atomic mass is 10.2. The molecule has 2 aromatic carbocycles. The maximum Gasteiger partial charge on any atom is 0.243 e. The number of benzene rings is 2. The highest BCUT2D eigenvalue weighted by molar-refractivity contribution is 9.10. The zero-order valence-corrected chi connectivity index (χ0v) is 14.5. The lowest BCUT2D eigenvalue weighted by Gasteiger charge is -2.17. The molecule has 0 aliphatic carbocycles. The van der Waals surface area contributed by atoms with Crippen LogP contribution in [0.15, 0.2) is 53.0 Å². The first-order chi connectivity index (χ1) is 11.2. The molecule has 1 aliphatic rings. The second-order valence-corrected chi connectivity index (χ2v) is 6.57. The van der Waals surface area contributed by atoms with Crippen molar-refractivity contribution in [3.05, 3.63) is 53.0 Å². The highest BCUT2D eigenvalue weighted by Crippen LogP contribution is 2.22. The van der Waals surface area contributed by atoms with Gasteiger partial charge in [-0.1, -0.05) is 22.0 Å². The number of carbonyl (C=O) groups excluding carboxylic acids is 1. The molecule has 0 aromatic heterocycles. The summed E-state index contributed by atoms with van der Waals surface area (Å²) in [5.41, 5.74) is 2.97. The molecule has 1 fully saturated rings. The Kier molecular flexibility index (Phi) is 5.18. The SMILES string of the molecule is O=C(CNc1cccc(Br)c1)Nc1ccc(N2CCCC2)cc1. The summed E-state index contributed by atoms with van der Waals surface area (Å²) in [6.07, 6.45) is 2.53. The predicted molar refractivity (Wildman–Crippen MR) is 99.2 cm³/mol. The van der Waals surface area contributed by atoms with Gasteiger partial charge in [0.25, 0.3) is 0 Å². The minimum atomic E-state index is -0.0566. The highest BCUT2D eigenvalue weighted by atomic mass is 79.9. The molecule has 4 nitrogen and oxygen atoms in total. The number of carbonyl (C=O) groups is 1. The quantitative estimate of drug-likeness (QED) is 0.828. The third-order valence-corrected chi connectivity index (χ3v) is 4.39. The Balaban J connectivity index is 1.51. The number of hydrogen-bond donors (Lipinski definition) is 2. The second-order valence-electron chi connectivity index (χ2n) is 5.65. The molecule has 0 saturated carbocycles. The molecule has 2 aromatic rings. The van der Waals surface area contributed by atoms with E-state index in [-0.39, 0.29) is 12.5 Å². The van der Waals surface area contributed by atoms with Crippen LogP contribution in [0.5, 0.6) is 0 Å². The highest BCUT2D eigenvalue weighted by Gasteiger charge is 2.12. The van der Waals surface area contributed by atoms with Crippen LogP contribution >= 0.6 is 15.9 Å². The summed E-state index contributed by atoms with van der Waals surface area (Å²) >= 11 is 3.41. The average molecular weight is 374 g/mol. The summed E-state index contributed by atoms with van der Waals surface area (Å²) in [7, 11) is 0. The fraction of sp³-hybridized carbons (Fsp3) is 0.278. The topological polar surface area (TPSA) is 44.4 Å². The van der Waals surface area contributed by atoms with Gasteiger partial charge in [-0.2, -0.15) is 0 Å². The number of rotatable bonds is 5. The molecule has 23 heavy (non-hydrogen) atoms. The molecule has 0 spiro atoms. The number of halogens is 1. The molecule has 3 rings (SSSR count). The van der Waals surface area contributed by atoms with Crippen LogP contribution in [0.4, 0.5) is 17.1 Å². The van der Waals surface area contributed by atoms with Crippen LogP contribution in [0.2, 0.25) is 0 Å². The van der Waals surface area contributed by atoms with Gasteiger partial charge < -0.3 is 15.5 Å². The number of nitrogens with one attached hydrogen (secondary N) is 2. The summed E-state index contributed by atoms with van der Waals surface area (Å²) in [4.78, 5) is 14.4. The zero-order valence-electron chi connectivity index (χ0n) is 12.9. The maximum atomic E-state index is 12.0. The smallest absolute Gasteiger partial charge is 0.243 e. The van der Waals surface area contributed by atoms with Gasteiger partial charge in [0.2, 0.25) is 5.91 Å². The van der Waals surface area contributed by atoms with Gasteiger partial charge in [0.05, 0.1) is 6.54 Å². The summed E-state index contributed by atoms with van der Waals surface area (Å²) in [5.74, 6) is -0.0566. The number of amides is 1. The van der Waals surface area contributed by atoms with Gasteiger partial charge in [-0.25, -0.2) is 0 Å². The molecular formula is C18H20BrN3O. The van der Waals surface area contributed by atoms with Crippen LogP contribution in [0.3, 0.4) is 0 Å². The van der Waals surface area contributed by atoms with Gasteiger partial charge in [0.15, 0.2) is 0 Å². The van der Waals surface area contributed by atoms with Crippen molar-refractivity contribution < 1.29 is 4.79 Å². The summed E-state index contributed by atoms with van der Waals surface area (Å²) < 4.78 is 0.986. The van der Waals surface area contributed by atoms with E-state index in [0.29, 0.717) is 0 Å². The van der Waals surface area contributed by atoms with Crippen molar-refractivity contribution in [2.75, 3.05) is 35.2 Å². The van der Waals surface area contributed by atoms with Gasteiger partial charge in [-0.15, -0.1) is 0 Å². The van der Waals surface area contributed by atoms with E-state index in [1.54, 1.807) is 0 Å². The van der Waals surface area contributed by atoms with E-state index in [1.165, 1.54) is 18.5 Å². The van der Waals surface area contributed by atoms with Crippen LogP contribution in [-0.4, -0.2) is 25.5 Å². The lowest BCUT2D eigenvalue weighted by molar-refractivity contribution is -0.114. The third kappa shape index (κ3) is 4.48. The zero-order chi connectivity index (χ0) is 16.1. The fourth-order valence-electron chi connectivity index (χ4n) is 2.72. The number of hydrogen-bond acceptors (Lipinski definition) is 3. The standard InChI is InChI=1S/C18H20BrN3O/c19-14-4-3-5-16(12-14)20-13-18(23)21-15-6-8-17(9-7-15)22-10-1-2-11-22/h3-9,12,20H,1-2,10-11,13H2,(H,21,23). The van der Waals surface area contributed by atoms with Crippen molar-refractivity contribution in [1.29, 1.82) is 0 Å². The van der Waals surface area contributed by atoms with Gasteiger partial charge in [-0.3, -0.25) is 4.79 Å². The van der Waals surface area contributed by atoms with Crippen molar-refractivity contribution in [3.63, 3.8) is 0 Å². The molecule has 1 heterocycles. The molecule has 1 aliphatic heterocycles. The Bertz CT molecular complexity index is 666. The summed E-state index contributed by atoms with van der Waals surface area (Å²) in [5, 5.41) is 6.02.